The molecule has 0 spiro atoms. The molecule has 2 rings (SSSR count). The normalized spacial score (nSPS) is 10.3. The number of benzene rings is 1. The second-order valence-electron chi connectivity index (χ2n) is 2.94. The summed E-state index contributed by atoms with van der Waals surface area (Å²) in [4.78, 5) is 0. The summed E-state index contributed by atoms with van der Waals surface area (Å²) < 4.78 is 9.15. The second kappa shape index (κ2) is 4.37. The van der Waals surface area contributed by atoms with Crippen LogP contribution in [0.5, 0.6) is 11.6 Å². The van der Waals surface area contributed by atoms with Gasteiger partial charge in [-0.05, 0) is 18.2 Å². The molecule has 5 heteroatoms. The highest BCUT2D eigenvalue weighted by molar-refractivity contribution is 9.11. The quantitative estimate of drug-likeness (QED) is 0.842. The number of nitrogens with zero attached hydrogens (tertiary/aromatic N) is 2. The van der Waals surface area contributed by atoms with E-state index >= 15 is 0 Å². The van der Waals surface area contributed by atoms with Gasteiger partial charge in [0.15, 0.2) is 0 Å². The minimum absolute atomic E-state index is 0.653. The number of aryl methyl sites for hydroxylation is 1. The molecule has 0 N–H and O–H groups in total. The van der Waals surface area contributed by atoms with Crippen LogP contribution in [0.1, 0.15) is 0 Å². The molecule has 0 amide bonds. The molecule has 1 aromatic heterocycles. The molecule has 0 fully saturated rings. The molecule has 0 aliphatic rings. The lowest BCUT2D eigenvalue weighted by molar-refractivity contribution is 0.430. The maximum atomic E-state index is 5.62. The average molecular weight is 331 g/mol. The first kappa shape index (κ1) is 10.7. The molecule has 1 heterocycles. The van der Waals surface area contributed by atoms with Crippen LogP contribution in [0.3, 0.4) is 0 Å². The molecule has 0 aliphatic carbocycles. The topological polar surface area (TPSA) is 27.1 Å². The van der Waals surface area contributed by atoms with Gasteiger partial charge in [-0.1, -0.05) is 31.9 Å². The van der Waals surface area contributed by atoms with Crippen molar-refractivity contribution in [2.75, 3.05) is 0 Å². The predicted molar refractivity (Wildman–Crippen MR) is 64.0 cm³/mol. The minimum Gasteiger partial charge on any atom is -0.439 e. The molecule has 2 aromatic rings. The fraction of sp³-hybridized carbons (Fsp3) is 0.100. The van der Waals surface area contributed by atoms with Gasteiger partial charge in [0.05, 0.1) is 0 Å². The van der Waals surface area contributed by atoms with E-state index in [0.717, 1.165) is 14.7 Å². The van der Waals surface area contributed by atoms with E-state index in [1.807, 2.05) is 18.2 Å². The van der Waals surface area contributed by atoms with Crippen LogP contribution < -0.4 is 4.74 Å². The van der Waals surface area contributed by atoms with Gasteiger partial charge in [-0.15, -0.1) is 0 Å². The Balaban J connectivity index is 2.28. The third kappa shape index (κ3) is 2.60. The van der Waals surface area contributed by atoms with Crippen LogP contribution in [0, 0.1) is 6.20 Å². The van der Waals surface area contributed by atoms with Crippen LogP contribution in [0.4, 0.5) is 0 Å². The van der Waals surface area contributed by atoms with Crippen LogP contribution in [-0.2, 0) is 7.05 Å². The Bertz CT molecular complexity index is 462. The summed E-state index contributed by atoms with van der Waals surface area (Å²) in [7, 11) is 1.80. The Morgan fingerprint density at radius 1 is 1.27 bits per heavy atom. The summed E-state index contributed by atoms with van der Waals surface area (Å²) in [6, 6.07) is 7.41. The van der Waals surface area contributed by atoms with Crippen LogP contribution >= 0.6 is 31.9 Å². The standard InChI is InChI=1S/C10H7Br2N2O/c1-14-10(2-3-13-14)15-9-5-7(11)4-8(12)6-9/h2,4-6H,1H3. The van der Waals surface area contributed by atoms with Gasteiger partial charge >= 0.3 is 0 Å². The molecule has 1 aromatic carbocycles. The zero-order valence-corrected chi connectivity index (χ0v) is 11.0. The van der Waals surface area contributed by atoms with Crippen molar-refractivity contribution < 1.29 is 4.74 Å². The number of aromatic nitrogens is 2. The van der Waals surface area contributed by atoms with Crippen LogP contribution in [0.2, 0.25) is 0 Å². The zero-order valence-electron chi connectivity index (χ0n) is 7.87. The van der Waals surface area contributed by atoms with E-state index in [2.05, 4.69) is 43.2 Å². The maximum absolute atomic E-state index is 5.62. The van der Waals surface area contributed by atoms with Crippen molar-refractivity contribution in [1.82, 2.24) is 9.78 Å². The van der Waals surface area contributed by atoms with Crippen molar-refractivity contribution >= 4 is 31.9 Å². The molecule has 1 radical (unpaired) electrons. The van der Waals surface area contributed by atoms with E-state index in [0.29, 0.717) is 5.88 Å². The molecular formula is C10H7Br2N2O. The largest absolute Gasteiger partial charge is 0.439 e. The molecule has 0 bridgehead atoms. The fourth-order valence-corrected chi connectivity index (χ4v) is 2.37. The summed E-state index contributed by atoms with van der Waals surface area (Å²) >= 11 is 6.79. The van der Waals surface area contributed by atoms with Gasteiger partial charge in [-0.2, -0.15) is 5.10 Å². The monoisotopic (exact) mass is 329 g/mol. The highest BCUT2D eigenvalue weighted by atomic mass is 79.9. The number of hydrogen-bond acceptors (Lipinski definition) is 2. The van der Waals surface area contributed by atoms with E-state index in [4.69, 9.17) is 4.74 Å². The first-order valence-corrected chi connectivity index (χ1v) is 5.78. The summed E-state index contributed by atoms with van der Waals surface area (Å²) in [5.41, 5.74) is 0. The molecule has 15 heavy (non-hydrogen) atoms. The van der Waals surface area contributed by atoms with Crippen molar-refractivity contribution in [3.8, 4) is 11.6 Å². The minimum atomic E-state index is 0.653. The summed E-state index contributed by atoms with van der Waals surface area (Å²) in [6.45, 7) is 0. The van der Waals surface area contributed by atoms with E-state index < -0.39 is 0 Å². The van der Waals surface area contributed by atoms with Gasteiger partial charge in [0.2, 0.25) is 5.88 Å². The summed E-state index contributed by atoms with van der Waals surface area (Å²) in [6.07, 6.45) is 2.71. The zero-order chi connectivity index (χ0) is 10.8. The number of hydrogen-bond donors (Lipinski definition) is 0. The third-order valence-electron chi connectivity index (χ3n) is 1.77. The molecule has 3 nitrogen and oxygen atoms in total. The maximum Gasteiger partial charge on any atom is 0.218 e. The van der Waals surface area contributed by atoms with Gasteiger partial charge in [0.25, 0.3) is 0 Å². The lowest BCUT2D eigenvalue weighted by Gasteiger charge is -2.06. The second-order valence-corrected chi connectivity index (χ2v) is 4.77. The van der Waals surface area contributed by atoms with Gasteiger partial charge in [-0.3, -0.25) is 0 Å². The highest BCUT2D eigenvalue weighted by Crippen LogP contribution is 2.28. The molecule has 0 atom stereocenters. The predicted octanol–water partition coefficient (Wildman–Crippen LogP) is 3.54. The van der Waals surface area contributed by atoms with Crippen molar-refractivity contribution in [3.05, 3.63) is 39.4 Å². The lowest BCUT2D eigenvalue weighted by atomic mass is 10.3. The molecular weight excluding hydrogens is 324 g/mol. The first-order valence-electron chi connectivity index (χ1n) is 4.19. The van der Waals surface area contributed by atoms with Gasteiger partial charge in [0.1, 0.15) is 11.9 Å². The Kier molecular flexibility index (Phi) is 3.11. The average Bonchev–Trinajstić information content (AvgIpc) is 2.50. The SMILES string of the molecule is Cn1n[c]cc1Oc1cc(Br)cc(Br)c1. The first-order chi connectivity index (χ1) is 7.15. The number of halogens is 2. The van der Waals surface area contributed by atoms with Crippen molar-refractivity contribution in [3.63, 3.8) is 0 Å². The molecule has 0 aliphatic heterocycles. The van der Waals surface area contributed by atoms with Gasteiger partial charge < -0.3 is 4.74 Å². The molecule has 0 saturated heterocycles. The van der Waals surface area contributed by atoms with Crippen molar-refractivity contribution in [2.45, 2.75) is 0 Å². The Hall–Kier alpha value is -0.810. The Morgan fingerprint density at radius 2 is 1.93 bits per heavy atom. The van der Waals surface area contributed by atoms with E-state index in [1.54, 1.807) is 17.8 Å². The van der Waals surface area contributed by atoms with Crippen molar-refractivity contribution in [2.24, 2.45) is 7.05 Å². The fourth-order valence-electron chi connectivity index (χ4n) is 1.12. The smallest absolute Gasteiger partial charge is 0.218 e. The summed E-state index contributed by atoms with van der Waals surface area (Å²) in [5, 5.41) is 3.90. The third-order valence-corrected chi connectivity index (χ3v) is 2.69. The van der Waals surface area contributed by atoms with Crippen LogP contribution in [0.15, 0.2) is 33.2 Å². The van der Waals surface area contributed by atoms with Gasteiger partial charge in [-0.25, -0.2) is 4.68 Å². The van der Waals surface area contributed by atoms with Gasteiger partial charge in [0, 0.05) is 22.1 Å². The van der Waals surface area contributed by atoms with Crippen LogP contribution in [-0.4, -0.2) is 9.78 Å². The Morgan fingerprint density at radius 3 is 2.47 bits per heavy atom. The van der Waals surface area contributed by atoms with E-state index in [-0.39, 0.29) is 0 Å². The molecule has 0 saturated carbocycles. The lowest BCUT2D eigenvalue weighted by Crippen LogP contribution is -1.94. The van der Waals surface area contributed by atoms with Crippen LogP contribution in [0.25, 0.3) is 0 Å². The van der Waals surface area contributed by atoms with E-state index in [1.165, 1.54) is 0 Å². The molecule has 77 valence electrons. The highest BCUT2D eigenvalue weighted by Gasteiger charge is 2.03. The summed E-state index contributed by atoms with van der Waals surface area (Å²) in [5.74, 6) is 1.40. The number of rotatable bonds is 2. The molecule has 0 unspecified atom stereocenters. The van der Waals surface area contributed by atoms with E-state index in [9.17, 15) is 0 Å². The number of ether oxygens (including phenoxy) is 1. The Labute approximate surface area is 104 Å². The van der Waals surface area contributed by atoms with Crippen molar-refractivity contribution in [1.29, 1.82) is 0 Å².